The van der Waals surface area contributed by atoms with Crippen molar-refractivity contribution in [2.75, 3.05) is 20.2 Å². The van der Waals surface area contributed by atoms with Crippen molar-refractivity contribution in [2.45, 2.75) is 69.9 Å². The molecule has 3 fully saturated rings. The van der Waals surface area contributed by atoms with Crippen molar-refractivity contribution in [3.63, 3.8) is 0 Å². The molecule has 0 spiro atoms. The number of ether oxygens (including phenoxy) is 1. The average Bonchev–Trinajstić information content (AvgIpc) is 3.16. The molecule has 21 heavy (non-hydrogen) atoms. The molecule has 3 atom stereocenters. The van der Waals surface area contributed by atoms with Crippen LogP contribution in [0.25, 0.3) is 0 Å². The lowest BCUT2D eigenvalue weighted by molar-refractivity contribution is 0.0242. The summed E-state index contributed by atoms with van der Waals surface area (Å²) in [5.41, 5.74) is -0.00998. The monoisotopic (exact) mass is 293 g/mol. The Balaban J connectivity index is 1.41. The summed E-state index contributed by atoms with van der Waals surface area (Å²) in [6.45, 7) is 3.95. The second-order valence-corrected chi connectivity index (χ2v) is 7.38. The van der Waals surface area contributed by atoms with E-state index in [1.807, 2.05) is 7.05 Å². The first kappa shape index (κ1) is 15.1. The van der Waals surface area contributed by atoms with Gasteiger partial charge in [0.05, 0.1) is 5.60 Å². The third-order valence-electron chi connectivity index (χ3n) is 5.57. The maximum Gasteiger partial charge on any atom is 0.191 e. The van der Waals surface area contributed by atoms with Crippen LogP contribution in [0.5, 0.6) is 0 Å². The van der Waals surface area contributed by atoms with Crippen molar-refractivity contribution in [1.29, 1.82) is 0 Å². The Labute approximate surface area is 129 Å². The van der Waals surface area contributed by atoms with E-state index in [1.165, 1.54) is 44.9 Å². The van der Waals surface area contributed by atoms with E-state index in [-0.39, 0.29) is 5.60 Å². The van der Waals surface area contributed by atoms with Gasteiger partial charge in [-0.05, 0) is 38.0 Å². The van der Waals surface area contributed by atoms with Crippen LogP contribution in [0.4, 0.5) is 0 Å². The first-order chi connectivity index (χ1) is 10.2. The third kappa shape index (κ3) is 3.91. The van der Waals surface area contributed by atoms with Gasteiger partial charge in [-0.25, -0.2) is 0 Å². The number of hydrogen-bond acceptors (Lipinski definition) is 2. The predicted octanol–water partition coefficient (Wildman–Crippen LogP) is 2.69. The molecule has 2 N–H and O–H groups in total. The Morgan fingerprint density at radius 2 is 2.05 bits per heavy atom. The quantitative estimate of drug-likeness (QED) is 0.619. The Morgan fingerprint density at radius 3 is 2.71 bits per heavy atom. The molecule has 0 aromatic heterocycles. The van der Waals surface area contributed by atoms with Gasteiger partial charge in [0, 0.05) is 26.2 Å². The molecular weight excluding hydrogens is 262 g/mol. The average molecular weight is 293 g/mol. The highest BCUT2D eigenvalue weighted by Gasteiger charge is 2.43. The molecule has 0 aromatic rings. The van der Waals surface area contributed by atoms with Gasteiger partial charge in [-0.1, -0.05) is 32.1 Å². The summed E-state index contributed by atoms with van der Waals surface area (Å²) in [6.07, 6.45) is 10.9. The molecule has 4 nitrogen and oxygen atoms in total. The summed E-state index contributed by atoms with van der Waals surface area (Å²) in [5, 5.41) is 7.07. The van der Waals surface area contributed by atoms with E-state index in [9.17, 15) is 0 Å². The summed E-state index contributed by atoms with van der Waals surface area (Å²) in [7, 11) is 1.87. The lowest BCUT2D eigenvalue weighted by Gasteiger charge is -2.25. The molecule has 0 aromatic carbocycles. The molecule has 1 heterocycles. The van der Waals surface area contributed by atoms with E-state index in [4.69, 9.17) is 4.74 Å². The van der Waals surface area contributed by atoms with Gasteiger partial charge in [0.15, 0.2) is 5.96 Å². The molecule has 2 saturated carbocycles. The zero-order chi connectivity index (χ0) is 14.7. The van der Waals surface area contributed by atoms with Gasteiger partial charge >= 0.3 is 0 Å². The Morgan fingerprint density at radius 1 is 1.24 bits per heavy atom. The van der Waals surface area contributed by atoms with E-state index in [0.29, 0.717) is 6.04 Å². The molecule has 4 heteroatoms. The molecule has 2 aliphatic carbocycles. The molecule has 3 unspecified atom stereocenters. The van der Waals surface area contributed by atoms with Crippen molar-refractivity contribution in [1.82, 2.24) is 10.6 Å². The summed E-state index contributed by atoms with van der Waals surface area (Å²) in [6, 6.07) is 0.650. The number of hydrogen-bond donors (Lipinski definition) is 2. The highest BCUT2D eigenvalue weighted by molar-refractivity contribution is 5.80. The summed E-state index contributed by atoms with van der Waals surface area (Å²) in [4.78, 5) is 4.38. The van der Waals surface area contributed by atoms with Crippen molar-refractivity contribution >= 4 is 5.96 Å². The number of aliphatic imine (C=N–C) groups is 1. The molecule has 3 aliphatic rings. The molecular formula is C17H31N3O. The van der Waals surface area contributed by atoms with Crippen LogP contribution in [0.15, 0.2) is 4.99 Å². The van der Waals surface area contributed by atoms with E-state index in [0.717, 1.165) is 37.4 Å². The van der Waals surface area contributed by atoms with Gasteiger partial charge in [-0.2, -0.15) is 0 Å². The van der Waals surface area contributed by atoms with Crippen LogP contribution >= 0.6 is 0 Å². The van der Waals surface area contributed by atoms with E-state index < -0.39 is 0 Å². The minimum absolute atomic E-state index is 0.00998. The van der Waals surface area contributed by atoms with E-state index >= 15 is 0 Å². The van der Waals surface area contributed by atoms with Gasteiger partial charge in [-0.3, -0.25) is 4.99 Å². The summed E-state index contributed by atoms with van der Waals surface area (Å²) < 4.78 is 5.83. The van der Waals surface area contributed by atoms with Crippen LogP contribution in [0.3, 0.4) is 0 Å². The molecule has 120 valence electrons. The van der Waals surface area contributed by atoms with E-state index in [1.54, 1.807) is 0 Å². The van der Waals surface area contributed by atoms with Gasteiger partial charge in [0.25, 0.3) is 0 Å². The topological polar surface area (TPSA) is 45.7 Å². The maximum atomic E-state index is 5.83. The lowest BCUT2D eigenvalue weighted by atomic mass is 9.85. The highest BCUT2D eigenvalue weighted by atomic mass is 16.5. The van der Waals surface area contributed by atoms with Crippen molar-refractivity contribution in [3.8, 4) is 0 Å². The fraction of sp³-hybridized carbons (Fsp3) is 0.941. The third-order valence-corrected chi connectivity index (χ3v) is 5.57. The van der Waals surface area contributed by atoms with Crippen LogP contribution in [0, 0.1) is 11.8 Å². The second kappa shape index (κ2) is 6.55. The molecule has 3 rings (SSSR count). The van der Waals surface area contributed by atoms with Crippen LogP contribution in [-0.2, 0) is 4.74 Å². The Hall–Kier alpha value is -0.770. The van der Waals surface area contributed by atoms with Gasteiger partial charge < -0.3 is 15.4 Å². The van der Waals surface area contributed by atoms with E-state index in [2.05, 4.69) is 22.5 Å². The first-order valence-electron chi connectivity index (χ1n) is 8.81. The van der Waals surface area contributed by atoms with Gasteiger partial charge in [-0.15, -0.1) is 0 Å². The standard InChI is InChI=1S/C17H31N3O/c1-17(9-6-10-21-17)12-19-16(18-2)20-15-11-14(15)13-7-4-3-5-8-13/h13-15H,3-12H2,1-2H3,(H2,18,19,20). The summed E-state index contributed by atoms with van der Waals surface area (Å²) in [5.74, 6) is 2.81. The minimum atomic E-state index is -0.00998. The molecule has 0 amide bonds. The molecule has 0 radical (unpaired) electrons. The maximum absolute atomic E-state index is 5.83. The normalized spacial score (nSPS) is 37.5. The second-order valence-electron chi connectivity index (χ2n) is 7.38. The van der Waals surface area contributed by atoms with Gasteiger partial charge in [0.2, 0.25) is 0 Å². The fourth-order valence-electron chi connectivity index (χ4n) is 4.08. The lowest BCUT2D eigenvalue weighted by Crippen LogP contribution is -2.46. The van der Waals surface area contributed by atoms with Crippen LogP contribution in [0.1, 0.15) is 58.3 Å². The zero-order valence-electron chi connectivity index (χ0n) is 13.7. The zero-order valence-corrected chi connectivity index (χ0v) is 13.7. The number of nitrogens with one attached hydrogen (secondary N) is 2. The van der Waals surface area contributed by atoms with Crippen LogP contribution in [0.2, 0.25) is 0 Å². The summed E-state index contributed by atoms with van der Waals surface area (Å²) >= 11 is 0. The Bertz CT molecular complexity index is 370. The van der Waals surface area contributed by atoms with Crippen LogP contribution < -0.4 is 10.6 Å². The van der Waals surface area contributed by atoms with Crippen molar-refractivity contribution in [2.24, 2.45) is 16.8 Å². The smallest absolute Gasteiger partial charge is 0.191 e. The molecule has 1 aliphatic heterocycles. The number of nitrogens with zero attached hydrogens (tertiary/aromatic N) is 1. The fourth-order valence-corrected chi connectivity index (χ4v) is 4.08. The number of rotatable bonds is 4. The van der Waals surface area contributed by atoms with Gasteiger partial charge in [0.1, 0.15) is 0 Å². The van der Waals surface area contributed by atoms with Crippen molar-refractivity contribution in [3.05, 3.63) is 0 Å². The first-order valence-corrected chi connectivity index (χ1v) is 8.81. The minimum Gasteiger partial charge on any atom is -0.373 e. The van der Waals surface area contributed by atoms with Crippen LogP contribution in [-0.4, -0.2) is 37.8 Å². The SMILES string of the molecule is CN=C(NCC1(C)CCCO1)NC1CC1C1CCCCC1. The predicted molar refractivity (Wildman–Crippen MR) is 86.6 cm³/mol. The number of guanidine groups is 1. The molecule has 1 saturated heterocycles. The molecule has 0 bridgehead atoms. The highest BCUT2D eigenvalue weighted by Crippen LogP contribution is 2.44. The van der Waals surface area contributed by atoms with Crippen molar-refractivity contribution < 1.29 is 4.74 Å². The largest absolute Gasteiger partial charge is 0.373 e. The Kier molecular flexibility index (Phi) is 4.72.